The topological polar surface area (TPSA) is 133 Å². The van der Waals surface area contributed by atoms with Crippen molar-refractivity contribution in [2.45, 2.75) is 4.90 Å². The van der Waals surface area contributed by atoms with Gasteiger partial charge in [0, 0.05) is 6.07 Å². The number of rotatable bonds is 8. The Morgan fingerprint density at radius 1 is 1.10 bits per heavy atom. The fourth-order valence-electron chi connectivity index (χ4n) is 2.33. The molecular weight excluding hydrogens is 412 g/mol. The summed E-state index contributed by atoms with van der Waals surface area (Å²) < 4.78 is 35.4. The molecule has 0 radical (unpaired) electrons. The number of hydrogen-bond donors (Lipinski definition) is 1. The Hall–Kier alpha value is -3.99. The summed E-state index contributed by atoms with van der Waals surface area (Å²) in [5.41, 5.74) is 3.01. The van der Waals surface area contributed by atoms with Gasteiger partial charge in [0.1, 0.15) is 16.9 Å². The lowest BCUT2D eigenvalue weighted by Crippen LogP contribution is -2.10. The maximum Gasteiger partial charge on any atom is 0.339 e. The zero-order chi connectivity index (χ0) is 21.6. The summed E-state index contributed by atoms with van der Waals surface area (Å²) in [6.45, 7) is 0. The number of anilines is 1. The summed E-state index contributed by atoms with van der Waals surface area (Å²) in [6.07, 6.45) is 2.51. The largest absolute Gasteiger partial charge is 0.493 e. The van der Waals surface area contributed by atoms with Gasteiger partial charge in [-0.2, -0.15) is 13.5 Å². The Morgan fingerprint density at radius 3 is 2.50 bits per heavy atom. The van der Waals surface area contributed by atoms with Gasteiger partial charge in [-0.05, 0) is 42.0 Å². The quantitative estimate of drug-likeness (QED) is 0.250. The molecule has 3 aromatic rings. The number of aromatic nitrogens is 1. The van der Waals surface area contributed by atoms with E-state index in [4.69, 9.17) is 8.92 Å². The predicted molar refractivity (Wildman–Crippen MR) is 109 cm³/mol. The highest BCUT2D eigenvalue weighted by atomic mass is 32.2. The van der Waals surface area contributed by atoms with E-state index in [2.05, 4.69) is 15.5 Å². The van der Waals surface area contributed by atoms with Crippen molar-refractivity contribution in [3.8, 4) is 11.5 Å². The summed E-state index contributed by atoms with van der Waals surface area (Å²) in [4.78, 5) is 14.0. The number of nitrogens with one attached hydrogen (secondary N) is 1. The molecule has 0 spiro atoms. The normalized spacial score (nSPS) is 11.2. The number of hydrazone groups is 1. The van der Waals surface area contributed by atoms with Crippen LogP contribution in [0, 0.1) is 10.1 Å². The molecular formula is C19H16N4O6S. The third kappa shape index (κ3) is 5.08. The van der Waals surface area contributed by atoms with Crippen LogP contribution in [0.1, 0.15) is 5.56 Å². The average molecular weight is 428 g/mol. The standard InChI is InChI=1S/C19H16N4O6S/c1-28-17-9-7-14(12-21-22-19-10-8-15(13-20-19)23(24)25)11-18(17)29-30(26,27)16-5-3-2-4-6-16/h2-13H,1H3,(H,20,22)/b21-12-. The van der Waals surface area contributed by atoms with Gasteiger partial charge in [0.15, 0.2) is 11.5 Å². The van der Waals surface area contributed by atoms with Crippen LogP contribution in [0.2, 0.25) is 0 Å². The first-order chi connectivity index (χ1) is 14.4. The number of methoxy groups -OCH3 is 1. The zero-order valence-corrected chi connectivity index (χ0v) is 16.4. The van der Waals surface area contributed by atoms with Crippen LogP contribution in [0.25, 0.3) is 0 Å². The van der Waals surface area contributed by atoms with Crippen molar-refractivity contribution in [3.63, 3.8) is 0 Å². The monoisotopic (exact) mass is 428 g/mol. The molecule has 0 atom stereocenters. The minimum atomic E-state index is -4.04. The highest BCUT2D eigenvalue weighted by Gasteiger charge is 2.19. The van der Waals surface area contributed by atoms with E-state index in [-0.39, 0.29) is 22.1 Å². The van der Waals surface area contributed by atoms with Crippen molar-refractivity contribution >= 4 is 27.8 Å². The summed E-state index contributed by atoms with van der Waals surface area (Å²) in [6, 6.07) is 15.1. The van der Waals surface area contributed by atoms with Crippen LogP contribution >= 0.6 is 0 Å². The smallest absolute Gasteiger partial charge is 0.339 e. The van der Waals surface area contributed by atoms with Gasteiger partial charge in [0.2, 0.25) is 0 Å². The maximum atomic E-state index is 12.5. The SMILES string of the molecule is COc1ccc(/C=N\Nc2ccc([N+](=O)[O-])cn2)cc1OS(=O)(=O)c1ccccc1. The first-order valence-corrected chi connectivity index (χ1v) is 9.87. The molecule has 1 N–H and O–H groups in total. The number of nitrogens with zero attached hydrogens (tertiary/aromatic N) is 3. The number of benzene rings is 2. The molecule has 0 unspecified atom stereocenters. The molecule has 30 heavy (non-hydrogen) atoms. The lowest BCUT2D eigenvalue weighted by Gasteiger charge is -2.11. The van der Waals surface area contributed by atoms with Crippen LogP contribution in [0.3, 0.4) is 0 Å². The van der Waals surface area contributed by atoms with E-state index >= 15 is 0 Å². The summed E-state index contributed by atoms with van der Waals surface area (Å²) in [5.74, 6) is 0.531. The molecule has 0 bridgehead atoms. The van der Waals surface area contributed by atoms with Crippen LogP contribution in [-0.4, -0.2) is 31.6 Å². The van der Waals surface area contributed by atoms with Crippen molar-refractivity contribution in [2.75, 3.05) is 12.5 Å². The average Bonchev–Trinajstić information content (AvgIpc) is 2.75. The highest BCUT2D eigenvalue weighted by molar-refractivity contribution is 7.87. The van der Waals surface area contributed by atoms with E-state index in [0.717, 1.165) is 6.20 Å². The van der Waals surface area contributed by atoms with Gasteiger partial charge in [-0.15, -0.1) is 0 Å². The minimum absolute atomic E-state index is 0.00114. The van der Waals surface area contributed by atoms with Crippen molar-refractivity contribution < 1.29 is 22.3 Å². The van der Waals surface area contributed by atoms with Gasteiger partial charge in [0.25, 0.3) is 5.69 Å². The van der Waals surface area contributed by atoms with E-state index in [0.29, 0.717) is 11.4 Å². The van der Waals surface area contributed by atoms with Gasteiger partial charge in [-0.3, -0.25) is 15.5 Å². The van der Waals surface area contributed by atoms with Crippen LogP contribution in [0.4, 0.5) is 11.5 Å². The Morgan fingerprint density at radius 2 is 1.87 bits per heavy atom. The van der Waals surface area contributed by atoms with Gasteiger partial charge in [0.05, 0.1) is 18.2 Å². The van der Waals surface area contributed by atoms with E-state index in [9.17, 15) is 18.5 Å². The second kappa shape index (κ2) is 9.01. The Bertz CT molecular complexity index is 1170. The molecule has 0 amide bonds. The number of hydrogen-bond acceptors (Lipinski definition) is 9. The first-order valence-electron chi connectivity index (χ1n) is 8.46. The van der Waals surface area contributed by atoms with Gasteiger partial charge >= 0.3 is 10.1 Å². The molecule has 0 aliphatic heterocycles. The molecule has 1 heterocycles. The molecule has 10 nitrogen and oxygen atoms in total. The molecule has 1 aromatic heterocycles. The summed E-state index contributed by atoms with van der Waals surface area (Å²) in [5, 5.41) is 14.6. The van der Waals surface area contributed by atoms with Crippen LogP contribution < -0.4 is 14.3 Å². The van der Waals surface area contributed by atoms with Gasteiger partial charge < -0.3 is 8.92 Å². The third-order valence-electron chi connectivity index (χ3n) is 3.77. The molecule has 0 saturated heterocycles. The second-order valence-corrected chi connectivity index (χ2v) is 7.34. The molecule has 11 heteroatoms. The van der Waals surface area contributed by atoms with Gasteiger partial charge in [-0.1, -0.05) is 18.2 Å². The fourth-order valence-corrected chi connectivity index (χ4v) is 3.28. The number of ether oxygens (including phenoxy) is 1. The molecule has 0 aliphatic carbocycles. The summed E-state index contributed by atoms with van der Waals surface area (Å²) in [7, 11) is -2.65. The molecule has 0 saturated carbocycles. The van der Waals surface area contributed by atoms with E-state index in [1.165, 1.54) is 43.7 Å². The zero-order valence-electron chi connectivity index (χ0n) is 15.6. The molecule has 3 rings (SSSR count). The van der Waals surface area contributed by atoms with E-state index in [1.807, 2.05) is 0 Å². The number of nitro groups is 1. The van der Waals surface area contributed by atoms with Crippen molar-refractivity contribution in [2.24, 2.45) is 5.10 Å². The fraction of sp³-hybridized carbons (Fsp3) is 0.0526. The Kier molecular flexibility index (Phi) is 6.23. The second-order valence-electron chi connectivity index (χ2n) is 5.79. The third-order valence-corrected chi connectivity index (χ3v) is 5.02. The Balaban J connectivity index is 1.77. The molecule has 154 valence electrons. The van der Waals surface area contributed by atoms with Crippen molar-refractivity contribution in [1.82, 2.24) is 4.98 Å². The van der Waals surface area contributed by atoms with Crippen molar-refractivity contribution in [3.05, 3.63) is 82.5 Å². The lowest BCUT2D eigenvalue weighted by atomic mass is 10.2. The van der Waals surface area contributed by atoms with E-state index in [1.54, 1.807) is 30.3 Å². The maximum absolute atomic E-state index is 12.5. The number of pyridine rings is 1. The Labute approximate surface area is 172 Å². The predicted octanol–water partition coefficient (Wildman–Crippen LogP) is 3.21. The minimum Gasteiger partial charge on any atom is -0.493 e. The van der Waals surface area contributed by atoms with Crippen molar-refractivity contribution in [1.29, 1.82) is 0 Å². The van der Waals surface area contributed by atoms with Crippen LogP contribution in [-0.2, 0) is 10.1 Å². The van der Waals surface area contributed by atoms with E-state index < -0.39 is 15.0 Å². The first kappa shape index (κ1) is 20.7. The molecule has 0 aliphatic rings. The lowest BCUT2D eigenvalue weighted by molar-refractivity contribution is -0.385. The summed E-state index contributed by atoms with van der Waals surface area (Å²) >= 11 is 0. The van der Waals surface area contributed by atoms with Crippen LogP contribution in [0.15, 0.2) is 76.9 Å². The molecule has 0 fully saturated rings. The van der Waals surface area contributed by atoms with Gasteiger partial charge in [-0.25, -0.2) is 4.98 Å². The highest BCUT2D eigenvalue weighted by Crippen LogP contribution is 2.30. The van der Waals surface area contributed by atoms with Crippen LogP contribution in [0.5, 0.6) is 11.5 Å². The molecule has 2 aromatic carbocycles.